The molecular weight excluding hydrogens is 197 g/mol. The van der Waals surface area contributed by atoms with Crippen LogP contribution in [0.3, 0.4) is 0 Å². The smallest absolute Gasteiger partial charge is 0.152 e. The number of likely N-dealkylation sites (N-methyl/N-ethyl adjacent to an activating group) is 1. The van der Waals surface area contributed by atoms with Gasteiger partial charge in [0.1, 0.15) is 5.82 Å². The van der Waals surface area contributed by atoms with Crippen molar-refractivity contribution in [1.82, 2.24) is 0 Å². The predicted octanol–water partition coefficient (Wildman–Crippen LogP) is 1.46. The first kappa shape index (κ1) is 11.7. The Morgan fingerprint density at radius 3 is 2.80 bits per heavy atom. The van der Waals surface area contributed by atoms with Gasteiger partial charge in [0.05, 0.1) is 6.61 Å². The number of nitrogens with zero attached hydrogens (tertiary/aromatic N) is 1. The quantitative estimate of drug-likeness (QED) is 0.749. The van der Waals surface area contributed by atoms with Crippen molar-refractivity contribution in [2.75, 3.05) is 24.6 Å². The Labute approximate surface area is 88.1 Å². The number of hydrogen-bond donors (Lipinski definition) is 1. The van der Waals surface area contributed by atoms with Gasteiger partial charge in [-0.05, 0) is 25.1 Å². The molecule has 3 nitrogen and oxygen atoms in total. The maximum absolute atomic E-state index is 12.9. The van der Waals surface area contributed by atoms with Crippen molar-refractivity contribution in [3.63, 3.8) is 0 Å². The molecule has 1 N–H and O–H groups in total. The number of aliphatic hydroxyl groups excluding tert-OH is 1. The Kier molecular flexibility index (Phi) is 4.24. The van der Waals surface area contributed by atoms with Crippen LogP contribution in [0, 0.1) is 5.82 Å². The van der Waals surface area contributed by atoms with Crippen molar-refractivity contribution in [2.45, 2.75) is 6.92 Å². The molecule has 15 heavy (non-hydrogen) atoms. The van der Waals surface area contributed by atoms with Gasteiger partial charge in [-0.15, -0.1) is 0 Å². The van der Waals surface area contributed by atoms with Crippen LogP contribution >= 0.6 is 0 Å². The molecule has 0 radical (unpaired) electrons. The number of benzene rings is 1. The summed E-state index contributed by atoms with van der Waals surface area (Å²) in [6.07, 6.45) is 0.623. The third kappa shape index (κ3) is 2.76. The standard InChI is InChI=1S/C11H14FNO2/c1-2-13(5-6-14)11-4-3-10(12)7-9(11)8-15/h3-4,7-8,14H,2,5-6H2,1H3. The minimum atomic E-state index is -0.430. The molecule has 0 heterocycles. The molecule has 0 aliphatic carbocycles. The molecule has 1 rings (SSSR count). The lowest BCUT2D eigenvalue weighted by atomic mass is 10.1. The molecule has 1 aromatic rings. The molecule has 0 fully saturated rings. The lowest BCUT2D eigenvalue weighted by Gasteiger charge is -2.23. The lowest BCUT2D eigenvalue weighted by Crippen LogP contribution is -2.27. The van der Waals surface area contributed by atoms with Crippen LogP contribution in [0.15, 0.2) is 18.2 Å². The first-order valence-electron chi connectivity index (χ1n) is 4.83. The summed E-state index contributed by atoms with van der Waals surface area (Å²) in [7, 11) is 0. The number of carbonyl (C=O) groups excluding carboxylic acids is 1. The molecule has 0 saturated heterocycles. The van der Waals surface area contributed by atoms with Gasteiger partial charge in [0.25, 0.3) is 0 Å². The van der Waals surface area contributed by atoms with Crippen LogP contribution in [0.5, 0.6) is 0 Å². The van der Waals surface area contributed by atoms with E-state index in [1.807, 2.05) is 11.8 Å². The van der Waals surface area contributed by atoms with E-state index in [1.165, 1.54) is 12.1 Å². The van der Waals surface area contributed by atoms with Crippen LogP contribution in [0.2, 0.25) is 0 Å². The molecule has 0 aliphatic rings. The molecule has 0 aromatic heterocycles. The Hall–Kier alpha value is -1.42. The minimum absolute atomic E-state index is 0.00349. The summed E-state index contributed by atoms with van der Waals surface area (Å²) >= 11 is 0. The number of anilines is 1. The second-order valence-electron chi connectivity index (χ2n) is 3.12. The van der Waals surface area contributed by atoms with Gasteiger partial charge in [-0.1, -0.05) is 0 Å². The van der Waals surface area contributed by atoms with Crippen molar-refractivity contribution in [2.24, 2.45) is 0 Å². The van der Waals surface area contributed by atoms with Gasteiger partial charge in [-0.2, -0.15) is 0 Å². The molecular formula is C11H14FNO2. The molecule has 0 atom stereocenters. The maximum Gasteiger partial charge on any atom is 0.152 e. The first-order valence-corrected chi connectivity index (χ1v) is 4.83. The molecule has 4 heteroatoms. The van der Waals surface area contributed by atoms with Crippen LogP contribution in [-0.4, -0.2) is 31.1 Å². The van der Waals surface area contributed by atoms with Gasteiger partial charge in [-0.25, -0.2) is 4.39 Å². The topological polar surface area (TPSA) is 40.5 Å². The Morgan fingerprint density at radius 1 is 1.53 bits per heavy atom. The van der Waals surface area contributed by atoms with Crippen LogP contribution in [0.1, 0.15) is 17.3 Å². The van der Waals surface area contributed by atoms with Crippen LogP contribution < -0.4 is 4.90 Å². The van der Waals surface area contributed by atoms with E-state index in [1.54, 1.807) is 6.07 Å². The molecule has 0 saturated carbocycles. The van der Waals surface area contributed by atoms with Crippen LogP contribution in [0.4, 0.5) is 10.1 Å². The zero-order chi connectivity index (χ0) is 11.3. The van der Waals surface area contributed by atoms with Gasteiger partial charge < -0.3 is 10.0 Å². The van der Waals surface area contributed by atoms with Crippen molar-refractivity contribution in [3.05, 3.63) is 29.6 Å². The van der Waals surface area contributed by atoms with Gasteiger partial charge >= 0.3 is 0 Å². The average molecular weight is 211 g/mol. The summed E-state index contributed by atoms with van der Waals surface area (Å²) in [5, 5.41) is 8.84. The number of aliphatic hydroxyl groups is 1. The fraction of sp³-hybridized carbons (Fsp3) is 0.364. The Morgan fingerprint density at radius 2 is 2.27 bits per heavy atom. The summed E-state index contributed by atoms with van der Waals surface area (Å²) in [6.45, 7) is 3.01. The molecule has 0 aliphatic heterocycles. The molecule has 1 aromatic carbocycles. The maximum atomic E-state index is 12.9. The number of halogens is 1. The van der Waals surface area contributed by atoms with E-state index in [4.69, 9.17) is 5.11 Å². The van der Waals surface area contributed by atoms with E-state index >= 15 is 0 Å². The van der Waals surface area contributed by atoms with Crippen molar-refractivity contribution < 1.29 is 14.3 Å². The number of carbonyl (C=O) groups is 1. The van der Waals surface area contributed by atoms with Crippen molar-refractivity contribution in [1.29, 1.82) is 0 Å². The van der Waals surface area contributed by atoms with Crippen molar-refractivity contribution >= 4 is 12.0 Å². The highest BCUT2D eigenvalue weighted by atomic mass is 19.1. The average Bonchev–Trinajstić information content (AvgIpc) is 2.26. The number of rotatable bonds is 5. The largest absolute Gasteiger partial charge is 0.395 e. The van der Waals surface area contributed by atoms with Crippen LogP contribution in [0.25, 0.3) is 0 Å². The van der Waals surface area contributed by atoms with Gasteiger partial charge in [0.15, 0.2) is 6.29 Å². The van der Waals surface area contributed by atoms with E-state index in [-0.39, 0.29) is 6.61 Å². The van der Waals surface area contributed by atoms with Crippen molar-refractivity contribution in [3.8, 4) is 0 Å². The monoisotopic (exact) mass is 211 g/mol. The zero-order valence-electron chi connectivity index (χ0n) is 8.61. The highest BCUT2D eigenvalue weighted by Crippen LogP contribution is 2.19. The lowest BCUT2D eigenvalue weighted by molar-refractivity contribution is 0.112. The highest BCUT2D eigenvalue weighted by molar-refractivity contribution is 5.84. The molecule has 0 bridgehead atoms. The summed E-state index contributed by atoms with van der Waals surface area (Å²) < 4.78 is 12.9. The van der Waals surface area contributed by atoms with E-state index in [0.29, 0.717) is 30.6 Å². The zero-order valence-corrected chi connectivity index (χ0v) is 8.61. The Bertz CT molecular complexity index is 341. The summed E-state index contributed by atoms with van der Waals surface area (Å²) in [5.74, 6) is -0.430. The molecule has 0 unspecified atom stereocenters. The van der Waals surface area contributed by atoms with Gasteiger partial charge in [0, 0.05) is 24.3 Å². The van der Waals surface area contributed by atoms with Gasteiger partial charge in [-0.3, -0.25) is 4.79 Å². The predicted molar refractivity (Wildman–Crippen MR) is 56.8 cm³/mol. The molecule has 0 spiro atoms. The molecule has 0 amide bonds. The summed E-state index contributed by atoms with van der Waals surface area (Å²) in [5.41, 5.74) is 0.966. The summed E-state index contributed by atoms with van der Waals surface area (Å²) in [4.78, 5) is 12.6. The summed E-state index contributed by atoms with van der Waals surface area (Å²) in [6, 6.07) is 4.06. The fourth-order valence-corrected chi connectivity index (χ4v) is 1.48. The van der Waals surface area contributed by atoms with E-state index < -0.39 is 5.82 Å². The van der Waals surface area contributed by atoms with Gasteiger partial charge in [0.2, 0.25) is 0 Å². The van der Waals surface area contributed by atoms with E-state index in [0.717, 1.165) is 0 Å². The number of hydrogen-bond acceptors (Lipinski definition) is 3. The normalized spacial score (nSPS) is 10.1. The highest BCUT2D eigenvalue weighted by Gasteiger charge is 2.09. The van der Waals surface area contributed by atoms with Crippen LogP contribution in [-0.2, 0) is 0 Å². The first-order chi connectivity index (χ1) is 7.22. The second kappa shape index (κ2) is 5.46. The number of aldehydes is 1. The minimum Gasteiger partial charge on any atom is -0.395 e. The second-order valence-corrected chi connectivity index (χ2v) is 3.12. The van der Waals surface area contributed by atoms with E-state index in [2.05, 4.69) is 0 Å². The Balaban J connectivity index is 3.04. The molecule has 82 valence electrons. The van der Waals surface area contributed by atoms with E-state index in [9.17, 15) is 9.18 Å². The third-order valence-electron chi connectivity index (χ3n) is 2.21. The fourth-order valence-electron chi connectivity index (χ4n) is 1.48. The SMILES string of the molecule is CCN(CCO)c1ccc(F)cc1C=O. The third-order valence-corrected chi connectivity index (χ3v) is 2.21.